The number of hydrogen-bond donors (Lipinski definition) is 1. The van der Waals surface area contributed by atoms with Gasteiger partial charge in [-0.3, -0.25) is 9.20 Å². The first-order valence-corrected chi connectivity index (χ1v) is 11.0. The van der Waals surface area contributed by atoms with Crippen LogP contribution in [-0.2, 0) is 11.0 Å². The van der Waals surface area contributed by atoms with Crippen LogP contribution in [0.3, 0.4) is 0 Å². The highest BCUT2D eigenvalue weighted by molar-refractivity contribution is 8.00. The van der Waals surface area contributed by atoms with E-state index in [-0.39, 0.29) is 27.8 Å². The number of nitrogens with one attached hydrogen (secondary N) is 1. The van der Waals surface area contributed by atoms with E-state index >= 15 is 0 Å². The van der Waals surface area contributed by atoms with Crippen molar-refractivity contribution in [3.8, 4) is 0 Å². The van der Waals surface area contributed by atoms with E-state index in [4.69, 9.17) is 11.6 Å². The Labute approximate surface area is 175 Å². The molecule has 2 aromatic rings. The van der Waals surface area contributed by atoms with E-state index in [1.54, 1.807) is 6.92 Å². The van der Waals surface area contributed by atoms with Crippen LogP contribution in [0.15, 0.2) is 17.4 Å². The molecule has 5 nitrogen and oxygen atoms in total. The molecule has 2 aliphatic rings. The molecule has 2 fully saturated rings. The van der Waals surface area contributed by atoms with Gasteiger partial charge in [0.05, 0.1) is 15.8 Å². The zero-order valence-electron chi connectivity index (χ0n) is 16.0. The lowest BCUT2D eigenvalue weighted by molar-refractivity contribution is -0.137. The average molecular weight is 447 g/mol. The highest BCUT2D eigenvalue weighted by atomic mass is 35.5. The first-order chi connectivity index (χ1) is 13.6. The summed E-state index contributed by atoms with van der Waals surface area (Å²) in [5.41, 5.74) is -0.760. The Bertz CT molecular complexity index is 934. The van der Waals surface area contributed by atoms with Gasteiger partial charge in [0, 0.05) is 12.2 Å². The predicted octanol–water partition coefficient (Wildman–Crippen LogP) is 4.82. The normalized spacial score (nSPS) is 26.1. The monoisotopic (exact) mass is 446 g/mol. The van der Waals surface area contributed by atoms with E-state index in [9.17, 15) is 18.0 Å². The molecule has 2 bridgehead atoms. The number of halogens is 4. The molecule has 4 rings (SSSR count). The summed E-state index contributed by atoms with van der Waals surface area (Å²) >= 11 is 7.01. The number of hydrogen-bond acceptors (Lipinski definition) is 4. The van der Waals surface area contributed by atoms with E-state index in [0.29, 0.717) is 11.8 Å². The predicted molar refractivity (Wildman–Crippen MR) is 105 cm³/mol. The molecule has 2 aromatic heterocycles. The maximum Gasteiger partial charge on any atom is 0.417 e. The third-order valence-electron chi connectivity index (χ3n) is 6.21. The number of rotatable bonds is 5. The van der Waals surface area contributed by atoms with Crippen molar-refractivity contribution in [3.63, 3.8) is 0 Å². The number of alkyl halides is 3. The summed E-state index contributed by atoms with van der Waals surface area (Å²) in [5.74, 6) is 1.85. The van der Waals surface area contributed by atoms with Crippen LogP contribution >= 0.6 is 23.4 Å². The third kappa shape index (κ3) is 4.08. The van der Waals surface area contributed by atoms with Crippen LogP contribution < -0.4 is 5.32 Å². The van der Waals surface area contributed by atoms with E-state index in [0.717, 1.165) is 29.9 Å². The van der Waals surface area contributed by atoms with E-state index in [1.165, 1.54) is 30.1 Å². The molecule has 0 saturated heterocycles. The highest BCUT2D eigenvalue weighted by Gasteiger charge is 2.42. The van der Waals surface area contributed by atoms with Gasteiger partial charge in [0.2, 0.25) is 5.91 Å². The summed E-state index contributed by atoms with van der Waals surface area (Å²) in [6.45, 7) is 3.76. The molecule has 0 unspecified atom stereocenters. The lowest BCUT2D eigenvalue weighted by Gasteiger charge is -2.29. The van der Waals surface area contributed by atoms with E-state index < -0.39 is 17.0 Å². The van der Waals surface area contributed by atoms with Crippen LogP contribution in [0.4, 0.5) is 13.2 Å². The summed E-state index contributed by atoms with van der Waals surface area (Å²) < 4.78 is 40.5. The molecule has 0 spiro atoms. The van der Waals surface area contributed by atoms with Gasteiger partial charge in [-0.2, -0.15) is 13.2 Å². The van der Waals surface area contributed by atoms with E-state index in [2.05, 4.69) is 15.5 Å². The van der Waals surface area contributed by atoms with Crippen molar-refractivity contribution >= 4 is 34.9 Å². The topological polar surface area (TPSA) is 59.3 Å². The van der Waals surface area contributed by atoms with Crippen LogP contribution in [0.2, 0.25) is 5.02 Å². The van der Waals surface area contributed by atoms with Gasteiger partial charge in [0.25, 0.3) is 0 Å². The molecule has 10 heteroatoms. The fourth-order valence-corrected chi connectivity index (χ4v) is 5.81. The van der Waals surface area contributed by atoms with Gasteiger partial charge in [0.1, 0.15) is 0 Å². The number of aromatic nitrogens is 3. The molecule has 0 radical (unpaired) electrons. The van der Waals surface area contributed by atoms with Gasteiger partial charge >= 0.3 is 6.18 Å². The van der Waals surface area contributed by atoms with Crippen molar-refractivity contribution in [2.75, 3.05) is 0 Å². The minimum absolute atomic E-state index is 0.0854. The minimum atomic E-state index is -4.54. The van der Waals surface area contributed by atoms with Crippen LogP contribution in [0.5, 0.6) is 0 Å². The smallest absolute Gasteiger partial charge is 0.352 e. The molecule has 5 atom stereocenters. The van der Waals surface area contributed by atoms with Crippen molar-refractivity contribution in [3.05, 3.63) is 22.8 Å². The van der Waals surface area contributed by atoms with Crippen molar-refractivity contribution < 1.29 is 18.0 Å². The maximum atomic E-state index is 13.1. The minimum Gasteiger partial charge on any atom is -0.352 e. The number of pyridine rings is 1. The second-order valence-corrected chi connectivity index (χ2v) is 9.86. The molecular weight excluding hydrogens is 425 g/mol. The highest BCUT2D eigenvalue weighted by Crippen LogP contribution is 2.49. The summed E-state index contributed by atoms with van der Waals surface area (Å²) in [7, 11) is 0. The number of carbonyl (C=O) groups is 1. The molecular formula is C19H22ClF3N4OS. The van der Waals surface area contributed by atoms with Gasteiger partial charge in [-0.05, 0) is 56.9 Å². The molecule has 1 N–H and O–H groups in total. The standard InChI is InChI=1S/C19H22ClF3N4OS/c1-9(14-6-11-3-4-12(14)5-11)24-17(28)10(2)29-18-26-25-16-15(20)7-13(8-27(16)18)19(21,22)23/h7-12,14H,3-6H2,1-2H3,(H,24,28)/t9-,10+,11+,12+,14-/m1/s1. The molecule has 2 aliphatic carbocycles. The quantitative estimate of drug-likeness (QED) is 0.669. The fraction of sp³-hybridized carbons (Fsp3) is 0.632. The Balaban J connectivity index is 1.46. The van der Waals surface area contributed by atoms with Gasteiger partial charge in [-0.1, -0.05) is 29.8 Å². The zero-order valence-corrected chi connectivity index (χ0v) is 17.6. The zero-order chi connectivity index (χ0) is 20.9. The van der Waals surface area contributed by atoms with Crippen molar-refractivity contribution in [2.45, 2.75) is 62.2 Å². The second kappa shape index (κ2) is 7.65. The Kier molecular flexibility index (Phi) is 5.48. The Morgan fingerprint density at radius 2 is 2.07 bits per heavy atom. The number of thioether (sulfide) groups is 1. The van der Waals surface area contributed by atoms with Gasteiger partial charge in [-0.15, -0.1) is 10.2 Å². The SMILES string of the molecule is C[C@H](Sc1nnc2c(Cl)cc(C(F)(F)F)cn12)C(=O)N[C@H](C)[C@H]1C[C@H]2CC[C@H]1C2. The molecule has 0 aliphatic heterocycles. The van der Waals surface area contributed by atoms with Crippen LogP contribution in [0.1, 0.15) is 45.1 Å². The average Bonchev–Trinajstić information content (AvgIpc) is 3.36. The van der Waals surface area contributed by atoms with Crippen molar-refractivity contribution in [1.29, 1.82) is 0 Å². The summed E-state index contributed by atoms with van der Waals surface area (Å²) in [4.78, 5) is 12.7. The summed E-state index contributed by atoms with van der Waals surface area (Å²) in [5, 5.41) is 10.4. The van der Waals surface area contributed by atoms with Crippen LogP contribution in [0, 0.1) is 17.8 Å². The molecule has 158 valence electrons. The maximum absolute atomic E-state index is 13.1. The number of nitrogens with zero attached hydrogens (tertiary/aromatic N) is 3. The first-order valence-electron chi connectivity index (χ1n) is 9.72. The van der Waals surface area contributed by atoms with Gasteiger partial charge < -0.3 is 5.32 Å². The van der Waals surface area contributed by atoms with Crippen LogP contribution in [-0.4, -0.2) is 31.8 Å². The van der Waals surface area contributed by atoms with Crippen LogP contribution in [0.25, 0.3) is 5.65 Å². The number of fused-ring (bicyclic) bond motifs is 3. The number of amides is 1. The summed E-state index contributed by atoms with van der Waals surface area (Å²) in [6, 6.07) is 0.912. The van der Waals surface area contributed by atoms with Crippen molar-refractivity contribution in [1.82, 2.24) is 19.9 Å². The number of carbonyl (C=O) groups excluding carboxylic acids is 1. The Hall–Kier alpha value is -1.48. The van der Waals surface area contributed by atoms with Gasteiger partial charge in [-0.25, -0.2) is 0 Å². The lowest BCUT2D eigenvalue weighted by atomic mass is 9.84. The molecule has 1 amide bonds. The molecule has 2 heterocycles. The lowest BCUT2D eigenvalue weighted by Crippen LogP contribution is -2.43. The molecule has 2 saturated carbocycles. The Morgan fingerprint density at radius 1 is 1.31 bits per heavy atom. The summed E-state index contributed by atoms with van der Waals surface area (Å²) in [6.07, 6.45) is 1.35. The second-order valence-electron chi connectivity index (χ2n) is 8.15. The van der Waals surface area contributed by atoms with E-state index in [1.807, 2.05) is 6.92 Å². The Morgan fingerprint density at radius 3 is 2.69 bits per heavy atom. The largest absolute Gasteiger partial charge is 0.417 e. The third-order valence-corrected chi connectivity index (χ3v) is 7.55. The van der Waals surface area contributed by atoms with Gasteiger partial charge in [0.15, 0.2) is 10.8 Å². The first kappa shape index (κ1) is 20.8. The molecule has 29 heavy (non-hydrogen) atoms. The fourth-order valence-electron chi connectivity index (χ4n) is 4.74. The van der Waals surface area contributed by atoms with Crippen molar-refractivity contribution in [2.24, 2.45) is 17.8 Å². The molecule has 0 aromatic carbocycles.